The Bertz CT molecular complexity index is 1230. The Labute approximate surface area is 254 Å². The molecule has 0 aromatic carbocycles. The predicted molar refractivity (Wildman–Crippen MR) is 145 cm³/mol. The minimum absolute atomic E-state index is 0.705. The van der Waals surface area contributed by atoms with E-state index in [9.17, 15) is 64.8 Å². The number of nitrogens with one attached hydrogen (secondary N) is 4. The van der Waals surface area contributed by atoms with E-state index in [1.807, 2.05) is 0 Å². The second kappa shape index (κ2) is 16.0. The van der Waals surface area contributed by atoms with E-state index in [4.69, 9.17) is 15.2 Å². The zero-order chi connectivity index (χ0) is 34.2. The predicted octanol–water partition coefficient (Wildman–Crippen LogP) is -6.49. The molecule has 0 spiro atoms. The topological polar surface area (TPSA) is 352 Å². The molecule has 14 N–H and O–H groups in total. The fourth-order valence-corrected chi connectivity index (χ4v) is 4.46. The van der Waals surface area contributed by atoms with Gasteiger partial charge in [-0.1, -0.05) is 0 Å². The van der Waals surface area contributed by atoms with Gasteiger partial charge >= 0.3 is 18.0 Å². The molecule has 0 saturated heterocycles. The first-order valence-corrected chi connectivity index (χ1v) is 13.1. The molecule has 252 valence electrons. The van der Waals surface area contributed by atoms with Crippen LogP contribution in [0.15, 0.2) is 28.7 Å². The molecule has 10 atom stereocenters. The molecule has 2 rings (SSSR count). The lowest BCUT2D eigenvalue weighted by molar-refractivity contribution is -0.147. The molecule has 0 saturated carbocycles. The van der Waals surface area contributed by atoms with Gasteiger partial charge in [0.05, 0.1) is 37.4 Å². The molecule has 0 aliphatic carbocycles. The van der Waals surface area contributed by atoms with Crippen LogP contribution in [-0.2, 0) is 28.7 Å². The molecule has 1 unspecified atom stereocenters. The van der Waals surface area contributed by atoms with E-state index < -0.39 is 121 Å². The van der Waals surface area contributed by atoms with E-state index in [1.54, 1.807) is 0 Å². The van der Waals surface area contributed by atoms with Gasteiger partial charge in [-0.15, -0.1) is 0 Å². The molecule has 0 radical (unpaired) electrons. The highest BCUT2D eigenvalue weighted by molar-refractivity contribution is 5.96. The number of carbonyl (C=O) groups excluding carboxylic acids is 3. The molecule has 45 heavy (non-hydrogen) atoms. The maximum atomic E-state index is 12.9. The van der Waals surface area contributed by atoms with E-state index in [-0.39, 0.29) is 0 Å². The van der Waals surface area contributed by atoms with Gasteiger partial charge in [-0.25, -0.2) is 19.4 Å². The summed E-state index contributed by atoms with van der Waals surface area (Å²) in [5.41, 5.74) is 5.85. The fourth-order valence-electron chi connectivity index (χ4n) is 4.46. The SMILES string of the molecule is CC(=O)N[C@H]1[C@@H]([C@H](O)[C@H](O)CO)OC(C(=O)O)=C[C@@H]1N=C(N)NC(=O)N[C@H]1C=C(C(=O)O)OC([C@H](O)[C@H](O)CO)[C@@H]1NC(C)=O. The number of carboxylic acids is 2. The third-order valence-electron chi connectivity index (χ3n) is 6.47. The quantitative estimate of drug-likeness (QED) is 0.0691. The standard InChI is InChI=1S/C24H36N6O15/c1-7(33)26-15-9(3-13(21(39)40)44-19(15)17(37)11(35)5-31)28-23(25)30-24(43)29-10-4-14(22(41)42)45-20(16(10)27-8(2)34)18(38)12(36)6-32/h3-4,9-12,15-20,31-32,35-38H,5-6H2,1-2H3,(H,26,33)(H,27,34)(H,39,40)(H,41,42)(H4,25,28,29,30,43)/t9-,10-,11+,12+,15+,16+,17+,18+,19-,20?/m0/s1. The number of aliphatic imine (C=N–C) groups is 1. The third kappa shape index (κ3) is 9.72. The number of guanidine groups is 1. The number of amides is 4. The van der Waals surface area contributed by atoms with Crippen molar-refractivity contribution in [2.75, 3.05) is 13.2 Å². The molecule has 2 aliphatic heterocycles. The number of nitrogens with zero attached hydrogens (tertiary/aromatic N) is 1. The van der Waals surface area contributed by atoms with Crippen molar-refractivity contribution >= 4 is 35.7 Å². The van der Waals surface area contributed by atoms with Gasteiger partial charge in [0.15, 0.2) is 5.96 Å². The van der Waals surface area contributed by atoms with Crippen molar-refractivity contribution in [3.05, 3.63) is 23.7 Å². The summed E-state index contributed by atoms with van der Waals surface area (Å²) in [6.07, 6.45) is -9.17. The Morgan fingerprint density at radius 1 is 0.800 bits per heavy atom. The summed E-state index contributed by atoms with van der Waals surface area (Å²) >= 11 is 0. The molecule has 21 nitrogen and oxygen atoms in total. The zero-order valence-corrected chi connectivity index (χ0v) is 23.8. The number of aliphatic carboxylic acids is 2. The second-order valence-electron chi connectivity index (χ2n) is 9.90. The highest BCUT2D eigenvalue weighted by atomic mass is 16.5. The van der Waals surface area contributed by atoms with Crippen LogP contribution in [0.4, 0.5) is 4.79 Å². The van der Waals surface area contributed by atoms with Gasteiger partial charge in [-0.2, -0.15) is 0 Å². The second-order valence-corrected chi connectivity index (χ2v) is 9.90. The van der Waals surface area contributed by atoms with E-state index in [2.05, 4.69) is 26.3 Å². The van der Waals surface area contributed by atoms with Crippen LogP contribution in [0.2, 0.25) is 0 Å². The third-order valence-corrected chi connectivity index (χ3v) is 6.47. The van der Waals surface area contributed by atoms with Gasteiger partial charge in [0, 0.05) is 13.8 Å². The lowest BCUT2D eigenvalue weighted by atomic mass is 9.92. The number of hydrogen-bond donors (Lipinski definition) is 13. The number of aliphatic hydroxyl groups is 6. The molecular formula is C24H36N6O15. The molecule has 21 heteroatoms. The minimum atomic E-state index is -1.95. The summed E-state index contributed by atoms with van der Waals surface area (Å²) in [5.74, 6) is -6.99. The van der Waals surface area contributed by atoms with Crippen molar-refractivity contribution in [2.24, 2.45) is 10.7 Å². The molecule has 0 bridgehead atoms. The van der Waals surface area contributed by atoms with Crippen molar-refractivity contribution in [2.45, 2.75) is 74.6 Å². The van der Waals surface area contributed by atoms with Gasteiger partial charge < -0.3 is 72.0 Å². The summed E-state index contributed by atoms with van der Waals surface area (Å²) in [5, 5.41) is 87.2. The first kappa shape index (κ1) is 36.7. The first-order chi connectivity index (χ1) is 21.0. The van der Waals surface area contributed by atoms with Crippen molar-refractivity contribution in [3.63, 3.8) is 0 Å². The van der Waals surface area contributed by atoms with Crippen LogP contribution in [0.25, 0.3) is 0 Å². The largest absolute Gasteiger partial charge is 0.478 e. The van der Waals surface area contributed by atoms with Gasteiger partial charge in [0.25, 0.3) is 0 Å². The lowest BCUT2D eigenvalue weighted by Crippen LogP contribution is -2.64. The molecule has 0 fully saturated rings. The molecular weight excluding hydrogens is 612 g/mol. The number of urea groups is 1. The van der Waals surface area contributed by atoms with Crippen molar-refractivity contribution in [1.82, 2.24) is 21.3 Å². The van der Waals surface area contributed by atoms with Gasteiger partial charge in [-0.3, -0.25) is 14.9 Å². The smallest absolute Gasteiger partial charge is 0.370 e. The van der Waals surface area contributed by atoms with Crippen molar-refractivity contribution < 1.29 is 74.3 Å². The number of carbonyl (C=O) groups is 5. The Balaban J connectivity index is 2.41. The number of nitrogens with two attached hydrogens (primary N) is 1. The summed E-state index contributed by atoms with van der Waals surface area (Å²) in [7, 11) is 0. The van der Waals surface area contributed by atoms with Crippen LogP contribution in [-0.4, -0.2) is 151 Å². The first-order valence-electron chi connectivity index (χ1n) is 13.1. The number of aliphatic hydroxyl groups excluding tert-OH is 6. The normalized spacial score (nSPS) is 27.5. The number of carboxylic acid groups (broad SMARTS) is 2. The summed E-state index contributed by atoms with van der Waals surface area (Å²) in [6, 6.07) is -6.89. The average Bonchev–Trinajstić information content (AvgIpc) is 2.96. The highest BCUT2D eigenvalue weighted by Gasteiger charge is 2.45. The van der Waals surface area contributed by atoms with Gasteiger partial charge in [-0.05, 0) is 12.2 Å². The maximum Gasteiger partial charge on any atom is 0.370 e. The molecule has 2 aliphatic rings. The van der Waals surface area contributed by atoms with E-state index in [0.29, 0.717) is 0 Å². The zero-order valence-electron chi connectivity index (χ0n) is 23.8. The molecule has 4 amide bonds. The monoisotopic (exact) mass is 648 g/mol. The number of ether oxygens (including phenoxy) is 2. The molecule has 0 aromatic rings. The Hall–Kier alpha value is -4.54. The average molecular weight is 649 g/mol. The summed E-state index contributed by atoms with van der Waals surface area (Å²) in [6.45, 7) is 0.205. The maximum absolute atomic E-state index is 12.9. The summed E-state index contributed by atoms with van der Waals surface area (Å²) < 4.78 is 10.4. The summed E-state index contributed by atoms with van der Waals surface area (Å²) in [4.78, 5) is 64.0. The fraction of sp³-hybridized carbons (Fsp3) is 0.583. The van der Waals surface area contributed by atoms with E-state index in [0.717, 1.165) is 26.0 Å². The van der Waals surface area contributed by atoms with Crippen molar-refractivity contribution in [3.8, 4) is 0 Å². The number of rotatable bonds is 12. The lowest BCUT2D eigenvalue weighted by Gasteiger charge is -2.40. The molecule has 2 heterocycles. The van der Waals surface area contributed by atoms with Gasteiger partial charge in [0.2, 0.25) is 23.3 Å². The van der Waals surface area contributed by atoms with Crippen LogP contribution >= 0.6 is 0 Å². The molecule has 0 aromatic heterocycles. The van der Waals surface area contributed by atoms with E-state index >= 15 is 0 Å². The van der Waals surface area contributed by atoms with Crippen LogP contribution in [0.3, 0.4) is 0 Å². The number of hydrogen-bond acceptors (Lipinski definition) is 14. The Kier molecular flexibility index (Phi) is 13.0. The van der Waals surface area contributed by atoms with E-state index in [1.165, 1.54) is 0 Å². The van der Waals surface area contributed by atoms with Crippen LogP contribution in [0.1, 0.15) is 13.8 Å². The van der Waals surface area contributed by atoms with Crippen molar-refractivity contribution in [1.29, 1.82) is 0 Å². The van der Waals surface area contributed by atoms with Crippen LogP contribution < -0.4 is 27.0 Å². The van der Waals surface area contributed by atoms with Crippen LogP contribution in [0.5, 0.6) is 0 Å². The Morgan fingerprint density at radius 3 is 1.69 bits per heavy atom. The highest BCUT2D eigenvalue weighted by Crippen LogP contribution is 2.25. The Morgan fingerprint density at radius 2 is 1.24 bits per heavy atom. The van der Waals surface area contributed by atoms with Crippen LogP contribution in [0, 0.1) is 0 Å². The van der Waals surface area contributed by atoms with Gasteiger partial charge in [0.1, 0.15) is 36.6 Å². The minimum Gasteiger partial charge on any atom is -0.478 e.